The molecule has 0 radical (unpaired) electrons. The summed E-state index contributed by atoms with van der Waals surface area (Å²) in [5, 5.41) is 3.23. The second-order valence-electron chi connectivity index (χ2n) is 6.34. The zero-order valence-electron chi connectivity index (χ0n) is 10.7. The number of amides is 1. The fourth-order valence-electron chi connectivity index (χ4n) is 4.12. The van der Waals surface area contributed by atoms with Gasteiger partial charge in [0.25, 0.3) is 0 Å². The van der Waals surface area contributed by atoms with Crippen LogP contribution in [0, 0.1) is 23.7 Å². The molecule has 0 heterocycles. The number of carbonyl (C=O) groups excluding carboxylic acids is 1. The Kier molecular flexibility index (Phi) is 2.89. The summed E-state index contributed by atoms with van der Waals surface area (Å²) in [5.74, 6) is 2.34. The van der Waals surface area contributed by atoms with E-state index in [4.69, 9.17) is 5.73 Å². The zero-order chi connectivity index (χ0) is 12.0. The first kappa shape index (κ1) is 11.5. The number of nitrogens with two attached hydrogens (primary N) is 1. The lowest BCUT2D eigenvalue weighted by Crippen LogP contribution is -2.46. The minimum absolute atomic E-state index is 0.122. The van der Waals surface area contributed by atoms with Gasteiger partial charge in [-0.2, -0.15) is 0 Å². The average Bonchev–Trinajstić information content (AvgIpc) is 2.76. The van der Waals surface area contributed by atoms with Crippen molar-refractivity contribution in [3.63, 3.8) is 0 Å². The van der Waals surface area contributed by atoms with Gasteiger partial charge in [-0.05, 0) is 49.9 Å². The molecule has 96 valence electrons. The molecule has 6 atom stereocenters. The van der Waals surface area contributed by atoms with E-state index in [2.05, 4.69) is 12.2 Å². The fraction of sp³-hybridized carbons (Fsp3) is 0.929. The first-order valence-electron chi connectivity index (χ1n) is 7.26. The van der Waals surface area contributed by atoms with Crippen LogP contribution in [-0.2, 0) is 4.79 Å². The Balaban J connectivity index is 1.53. The third kappa shape index (κ3) is 1.99. The summed E-state index contributed by atoms with van der Waals surface area (Å²) in [6, 6.07) is 0.603. The van der Waals surface area contributed by atoms with Crippen LogP contribution in [0.25, 0.3) is 0 Å². The van der Waals surface area contributed by atoms with Crippen LogP contribution in [0.5, 0.6) is 0 Å². The van der Waals surface area contributed by atoms with Crippen LogP contribution in [-0.4, -0.2) is 18.0 Å². The Morgan fingerprint density at radius 2 is 2.06 bits per heavy atom. The van der Waals surface area contributed by atoms with Crippen molar-refractivity contribution in [2.45, 2.75) is 57.5 Å². The summed E-state index contributed by atoms with van der Waals surface area (Å²) < 4.78 is 0. The highest BCUT2D eigenvalue weighted by Gasteiger charge is 2.50. The number of hydrogen-bond acceptors (Lipinski definition) is 2. The highest BCUT2D eigenvalue weighted by molar-refractivity contribution is 5.81. The molecule has 3 N–H and O–H groups in total. The van der Waals surface area contributed by atoms with Gasteiger partial charge in [0.05, 0.1) is 5.92 Å². The van der Waals surface area contributed by atoms with Gasteiger partial charge in [-0.15, -0.1) is 0 Å². The van der Waals surface area contributed by atoms with Crippen molar-refractivity contribution in [1.82, 2.24) is 5.32 Å². The van der Waals surface area contributed by atoms with E-state index in [9.17, 15) is 4.79 Å². The van der Waals surface area contributed by atoms with Gasteiger partial charge in [0, 0.05) is 12.1 Å². The number of carbonyl (C=O) groups is 1. The number of rotatable bonds is 4. The van der Waals surface area contributed by atoms with Crippen LogP contribution < -0.4 is 11.1 Å². The van der Waals surface area contributed by atoms with E-state index in [-0.39, 0.29) is 17.9 Å². The molecular weight excluding hydrogens is 212 g/mol. The van der Waals surface area contributed by atoms with Crippen LogP contribution in [0.1, 0.15) is 45.4 Å². The third-order valence-electron chi connectivity index (χ3n) is 5.19. The van der Waals surface area contributed by atoms with E-state index >= 15 is 0 Å². The van der Waals surface area contributed by atoms with Crippen LogP contribution >= 0.6 is 0 Å². The lowest BCUT2D eigenvalue weighted by molar-refractivity contribution is -0.127. The quantitative estimate of drug-likeness (QED) is 0.780. The van der Waals surface area contributed by atoms with Crippen molar-refractivity contribution in [2.75, 3.05) is 0 Å². The summed E-state index contributed by atoms with van der Waals surface area (Å²) in [5.41, 5.74) is 6.19. The van der Waals surface area contributed by atoms with Crippen molar-refractivity contribution in [3.8, 4) is 0 Å². The minimum Gasteiger partial charge on any atom is -0.353 e. The minimum atomic E-state index is 0.122. The molecule has 3 aliphatic rings. The van der Waals surface area contributed by atoms with Gasteiger partial charge in [-0.1, -0.05) is 13.3 Å². The molecule has 2 bridgehead atoms. The van der Waals surface area contributed by atoms with Gasteiger partial charge in [-0.3, -0.25) is 4.79 Å². The van der Waals surface area contributed by atoms with E-state index in [1.807, 2.05) is 0 Å². The monoisotopic (exact) mass is 236 g/mol. The highest BCUT2D eigenvalue weighted by Crippen LogP contribution is 2.48. The first-order valence-corrected chi connectivity index (χ1v) is 7.26. The molecule has 3 rings (SSSR count). The van der Waals surface area contributed by atoms with Crippen LogP contribution in [0.4, 0.5) is 0 Å². The Labute approximate surface area is 104 Å². The Bertz CT molecular complexity index is 315. The summed E-state index contributed by atoms with van der Waals surface area (Å²) in [6.45, 7) is 2.21. The van der Waals surface area contributed by atoms with E-state index < -0.39 is 0 Å². The number of nitrogens with one attached hydrogen (secondary N) is 1. The van der Waals surface area contributed by atoms with Gasteiger partial charge < -0.3 is 11.1 Å². The molecule has 3 heteroatoms. The molecule has 0 spiro atoms. The summed E-state index contributed by atoms with van der Waals surface area (Å²) >= 11 is 0. The summed E-state index contributed by atoms with van der Waals surface area (Å²) in [4.78, 5) is 12.3. The largest absolute Gasteiger partial charge is 0.353 e. The van der Waals surface area contributed by atoms with Gasteiger partial charge in [-0.25, -0.2) is 0 Å². The fourth-order valence-corrected chi connectivity index (χ4v) is 4.12. The summed E-state index contributed by atoms with van der Waals surface area (Å²) in [7, 11) is 0. The third-order valence-corrected chi connectivity index (χ3v) is 5.19. The molecule has 0 aliphatic heterocycles. The van der Waals surface area contributed by atoms with Gasteiger partial charge in [0.2, 0.25) is 5.91 Å². The molecule has 3 saturated carbocycles. The second kappa shape index (κ2) is 4.27. The van der Waals surface area contributed by atoms with Gasteiger partial charge >= 0.3 is 0 Å². The molecule has 3 aliphatic carbocycles. The van der Waals surface area contributed by atoms with Crippen molar-refractivity contribution in [3.05, 3.63) is 0 Å². The number of fused-ring (bicyclic) bond motifs is 2. The van der Waals surface area contributed by atoms with Crippen molar-refractivity contribution in [2.24, 2.45) is 29.4 Å². The maximum absolute atomic E-state index is 12.3. The van der Waals surface area contributed by atoms with Crippen molar-refractivity contribution in [1.29, 1.82) is 0 Å². The van der Waals surface area contributed by atoms with Crippen molar-refractivity contribution < 1.29 is 4.79 Å². The normalized spacial score (nSPS) is 47.2. The molecule has 0 aromatic rings. The van der Waals surface area contributed by atoms with Crippen LogP contribution in [0.3, 0.4) is 0 Å². The molecule has 6 unspecified atom stereocenters. The zero-order valence-corrected chi connectivity index (χ0v) is 10.7. The average molecular weight is 236 g/mol. The Morgan fingerprint density at radius 3 is 2.71 bits per heavy atom. The Morgan fingerprint density at radius 1 is 1.29 bits per heavy atom. The lowest BCUT2D eigenvalue weighted by Gasteiger charge is -2.27. The molecule has 0 aromatic carbocycles. The molecule has 3 nitrogen and oxygen atoms in total. The van der Waals surface area contributed by atoms with E-state index in [0.29, 0.717) is 17.9 Å². The van der Waals surface area contributed by atoms with Crippen LogP contribution in [0.2, 0.25) is 0 Å². The van der Waals surface area contributed by atoms with Crippen molar-refractivity contribution >= 4 is 5.91 Å². The topological polar surface area (TPSA) is 55.1 Å². The smallest absolute Gasteiger partial charge is 0.225 e. The van der Waals surface area contributed by atoms with E-state index in [1.54, 1.807) is 0 Å². The maximum atomic E-state index is 12.3. The maximum Gasteiger partial charge on any atom is 0.225 e. The van der Waals surface area contributed by atoms with Crippen LogP contribution in [0.15, 0.2) is 0 Å². The molecule has 0 aromatic heterocycles. The molecule has 1 amide bonds. The predicted octanol–water partition coefficient (Wildman–Crippen LogP) is 1.66. The molecule has 17 heavy (non-hydrogen) atoms. The first-order chi connectivity index (χ1) is 8.20. The van der Waals surface area contributed by atoms with E-state index in [1.165, 1.54) is 38.5 Å². The molecular formula is C14H24N2O. The SMILES string of the molecule is CCCC1CC1NC(=O)C1C2CCC(C2)C1N. The standard InChI is InChI=1S/C14H24N2O/c1-2-3-8-7-11(8)16-14(17)12-9-4-5-10(6-9)13(12)15/h8-13H,2-7,15H2,1H3,(H,16,17). The summed E-state index contributed by atoms with van der Waals surface area (Å²) in [6.07, 6.45) is 7.34. The van der Waals surface area contributed by atoms with E-state index in [0.717, 1.165) is 5.92 Å². The lowest BCUT2D eigenvalue weighted by atomic mass is 9.84. The Hall–Kier alpha value is -0.570. The second-order valence-corrected chi connectivity index (χ2v) is 6.34. The number of hydrogen-bond donors (Lipinski definition) is 2. The van der Waals surface area contributed by atoms with Gasteiger partial charge in [0.1, 0.15) is 0 Å². The predicted molar refractivity (Wildman–Crippen MR) is 67.2 cm³/mol. The van der Waals surface area contributed by atoms with Gasteiger partial charge in [0.15, 0.2) is 0 Å². The highest BCUT2D eigenvalue weighted by atomic mass is 16.2. The molecule has 3 fully saturated rings. The molecule has 0 saturated heterocycles.